The molecule has 0 fully saturated rings. The summed E-state index contributed by atoms with van der Waals surface area (Å²) in [5.41, 5.74) is 0. The summed E-state index contributed by atoms with van der Waals surface area (Å²) in [6.45, 7) is 8.90. The molecule has 3 nitrogen and oxygen atoms in total. The SMILES string of the molecule is C.CCCC(=O)NC.CCCN(C)CCC. The highest BCUT2D eigenvalue weighted by molar-refractivity contribution is 5.75. The predicted octanol–water partition coefficient (Wildman–Crippen LogP) is 2.91. The molecule has 0 unspecified atom stereocenters. The molecule has 0 aromatic rings. The van der Waals surface area contributed by atoms with Crippen molar-refractivity contribution in [3.8, 4) is 0 Å². The van der Waals surface area contributed by atoms with Crippen molar-refractivity contribution in [1.29, 1.82) is 0 Å². The summed E-state index contributed by atoms with van der Waals surface area (Å²) in [5.74, 6) is 0.127. The van der Waals surface area contributed by atoms with Gasteiger partial charge in [0.2, 0.25) is 5.91 Å². The van der Waals surface area contributed by atoms with E-state index in [4.69, 9.17) is 0 Å². The van der Waals surface area contributed by atoms with Crippen LogP contribution in [0.3, 0.4) is 0 Å². The summed E-state index contributed by atoms with van der Waals surface area (Å²) in [7, 11) is 3.82. The summed E-state index contributed by atoms with van der Waals surface area (Å²) in [4.78, 5) is 12.7. The van der Waals surface area contributed by atoms with Gasteiger partial charge in [-0.1, -0.05) is 28.2 Å². The molecular formula is C13H32N2O. The van der Waals surface area contributed by atoms with Crippen molar-refractivity contribution in [2.75, 3.05) is 27.2 Å². The second-order valence-electron chi connectivity index (χ2n) is 3.73. The highest BCUT2D eigenvalue weighted by atomic mass is 16.1. The molecule has 0 bridgehead atoms. The van der Waals surface area contributed by atoms with E-state index in [1.54, 1.807) is 7.05 Å². The van der Waals surface area contributed by atoms with Crippen molar-refractivity contribution in [3.63, 3.8) is 0 Å². The molecule has 0 aromatic heterocycles. The van der Waals surface area contributed by atoms with Gasteiger partial charge in [0.1, 0.15) is 0 Å². The van der Waals surface area contributed by atoms with Crippen LogP contribution in [0.1, 0.15) is 53.9 Å². The first-order valence-corrected chi connectivity index (χ1v) is 6.01. The zero-order valence-electron chi connectivity index (χ0n) is 11.1. The topological polar surface area (TPSA) is 32.3 Å². The molecule has 0 aliphatic carbocycles. The standard InChI is InChI=1S/C7H17N.C5H11NO.CH4/c1-4-6-8(3)7-5-2;1-3-4-5(7)6-2;/h4-7H2,1-3H3;3-4H2,1-2H3,(H,6,7);1H4. The maximum atomic E-state index is 10.3. The Hall–Kier alpha value is -0.570. The summed E-state index contributed by atoms with van der Waals surface area (Å²) < 4.78 is 0. The predicted molar refractivity (Wildman–Crippen MR) is 73.8 cm³/mol. The van der Waals surface area contributed by atoms with E-state index < -0.39 is 0 Å². The van der Waals surface area contributed by atoms with Crippen LogP contribution in [0.15, 0.2) is 0 Å². The molecule has 1 N–H and O–H groups in total. The van der Waals surface area contributed by atoms with E-state index in [-0.39, 0.29) is 13.3 Å². The van der Waals surface area contributed by atoms with E-state index in [0.29, 0.717) is 6.42 Å². The van der Waals surface area contributed by atoms with E-state index in [1.165, 1.54) is 25.9 Å². The molecule has 0 rings (SSSR count). The van der Waals surface area contributed by atoms with Crippen LogP contribution in [0, 0.1) is 0 Å². The minimum atomic E-state index is 0. The van der Waals surface area contributed by atoms with Crippen LogP contribution in [-0.2, 0) is 4.79 Å². The second kappa shape index (κ2) is 16.8. The van der Waals surface area contributed by atoms with E-state index >= 15 is 0 Å². The molecule has 0 saturated heterocycles. The molecule has 0 atom stereocenters. The molecule has 3 heteroatoms. The van der Waals surface area contributed by atoms with Gasteiger partial charge in [-0.2, -0.15) is 0 Å². The number of amides is 1. The van der Waals surface area contributed by atoms with Crippen LogP contribution in [0.2, 0.25) is 0 Å². The molecule has 0 heterocycles. The molecule has 0 spiro atoms. The lowest BCUT2D eigenvalue weighted by molar-refractivity contribution is -0.120. The lowest BCUT2D eigenvalue weighted by Gasteiger charge is -2.12. The Morgan fingerprint density at radius 3 is 1.69 bits per heavy atom. The summed E-state index contributed by atoms with van der Waals surface area (Å²) in [6, 6.07) is 0. The Labute approximate surface area is 103 Å². The molecule has 0 aliphatic rings. The third-order valence-electron chi connectivity index (χ3n) is 1.97. The van der Waals surface area contributed by atoms with E-state index in [9.17, 15) is 4.79 Å². The van der Waals surface area contributed by atoms with Crippen LogP contribution in [-0.4, -0.2) is 38.0 Å². The number of hydrogen-bond acceptors (Lipinski definition) is 2. The van der Waals surface area contributed by atoms with Crippen molar-refractivity contribution in [1.82, 2.24) is 10.2 Å². The van der Waals surface area contributed by atoms with Crippen molar-refractivity contribution < 1.29 is 4.79 Å². The minimum absolute atomic E-state index is 0. The summed E-state index contributed by atoms with van der Waals surface area (Å²) in [6.07, 6.45) is 4.13. The van der Waals surface area contributed by atoms with Gasteiger partial charge in [0.15, 0.2) is 0 Å². The maximum absolute atomic E-state index is 10.3. The second-order valence-corrected chi connectivity index (χ2v) is 3.73. The van der Waals surface area contributed by atoms with Crippen LogP contribution in [0.25, 0.3) is 0 Å². The van der Waals surface area contributed by atoms with Crippen molar-refractivity contribution in [3.05, 3.63) is 0 Å². The Morgan fingerprint density at radius 1 is 1.06 bits per heavy atom. The molecule has 1 amide bonds. The van der Waals surface area contributed by atoms with Crippen LogP contribution in [0.4, 0.5) is 0 Å². The first-order chi connectivity index (χ1) is 7.12. The van der Waals surface area contributed by atoms with Crippen molar-refractivity contribution >= 4 is 5.91 Å². The molecule has 0 aliphatic heterocycles. The van der Waals surface area contributed by atoms with Crippen LogP contribution < -0.4 is 5.32 Å². The quantitative estimate of drug-likeness (QED) is 0.763. The van der Waals surface area contributed by atoms with E-state index in [1.807, 2.05) is 6.92 Å². The molecular weight excluding hydrogens is 200 g/mol. The van der Waals surface area contributed by atoms with Gasteiger partial charge in [-0.15, -0.1) is 0 Å². The van der Waals surface area contributed by atoms with E-state index in [0.717, 1.165) is 6.42 Å². The number of carbonyl (C=O) groups is 1. The number of nitrogens with zero attached hydrogens (tertiary/aromatic N) is 1. The fraction of sp³-hybridized carbons (Fsp3) is 0.923. The van der Waals surface area contributed by atoms with Gasteiger partial charge in [0, 0.05) is 13.5 Å². The zero-order chi connectivity index (χ0) is 12.1. The van der Waals surface area contributed by atoms with Gasteiger partial charge in [-0.3, -0.25) is 4.79 Å². The monoisotopic (exact) mass is 232 g/mol. The van der Waals surface area contributed by atoms with Gasteiger partial charge >= 0.3 is 0 Å². The maximum Gasteiger partial charge on any atom is 0.219 e. The largest absolute Gasteiger partial charge is 0.359 e. The minimum Gasteiger partial charge on any atom is -0.359 e. The Morgan fingerprint density at radius 2 is 1.50 bits per heavy atom. The number of rotatable bonds is 6. The Bertz CT molecular complexity index is 132. The lowest BCUT2D eigenvalue weighted by Crippen LogP contribution is -2.19. The highest BCUT2D eigenvalue weighted by Crippen LogP contribution is 1.87. The van der Waals surface area contributed by atoms with Gasteiger partial charge in [-0.05, 0) is 39.4 Å². The third kappa shape index (κ3) is 19.1. The fourth-order valence-corrected chi connectivity index (χ4v) is 1.23. The first kappa shape index (κ1) is 20.8. The zero-order valence-corrected chi connectivity index (χ0v) is 11.1. The Kier molecular flexibility index (Phi) is 21.9. The van der Waals surface area contributed by atoms with Crippen LogP contribution >= 0.6 is 0 Å². The van der Waals surface area contributed by atoms with Gasteiger partial charge < -0.3 is 10.2 Å². The van der Waals surface area contributed by atoms with E-state index in [2.05, 4.69) is 31.1 Å². The summed E-state index contributed by atoms with van der Waals surface area (Å²) >= 11 is 0. The molecule has 0 radical (unpaired) electrons. The first-order valence-electron chi connectivity index (χ1n) is 6.01. The number of carbonyl (C=O) groups excluding carboxylic acids is 1. The normalized spacial score (nSPS) is 8.88. The highest BCUT2D eigenvalue weighted by Gasteiger charge is 1.90. The number of nitrogens with one attached hydrogen (secondary N) is 1. The molecule has 0 aromatic carbocycles. The van der Waals surface area contributed by atoms with Gasteiger partial charge in [0.05, 0.1) is 0 Å². The van der Waals surface area contributed by atoms with Crippen molar-refractivity contribution in [2.24, 2.45) is 0 Å². The third-order valence-corrected chi connectivity index (χ3v) is 1.97. The van der Waals surface area contributed by atoms with Crippen molar-refractivity contribution in [2.45, 2.75) is 53.9 Å². The summed E-state index contributed by atoms with van der Waals surface area (Å²) in [5, 5.41) is 2.53. The van der Waals surface area contributed by atoms with Crippen LogP contribution in [0.5, 0.6) is 0 Å². The average Bonchev–Trinajstić information content (AvgIpc) is 2.20. The average molecular weight is 232 g/mol. The Balaban J connectivity index is -0.000000200. The van der Waals surface area contributed by atoms with Gasteiger partial charge in [0.25, 0.3) is 0 Å². The molecule has 0 saturated carbocycles. The lowest BCUT2D eigenvalue weighted by atomic mass is 10.3. The molecule has 16 heavy (non-hydrogen) atoms. The fourth-order valence-electron chi connectivity index (χ4n) is 1.23. The van der Waals surface area contributed by atoms with Gasteiger partial charge in [-0.25, -0.2) is 0 Å². The molecule has 100 valence electrons. The smallest absolute Gasteiger partial charge is 0.219 e. The number of hydrogen-bond donors (Lipinski definition) is 1.